The molecule has 5 nitrogen and oxygen atoms in total. The predicted molar refractivity (Wildman–Crippen MR) is 110 cm³/mol. The van der Waals surface area contributed by atoms with Crippen molar-refractivity contribution < 1.29 is 4.74 Å². The smallest absolute Gasteiger partial charge is 0.176 e. The van der Waals surface area contributed by atoms with Crippen LogP contribution in [-0.2, 0) is 6.54 Å². The summed E-state index contributed by atoms with van der Waals surface area (Å²) in [6.45, 7) is 3.23. The Morgan fingerprint density at radius 1 is 1.12 bits per heavy atom. The number of benzene rings is 2. The molecule has 0 radical (unpaired) electrons. The lowest BCUT2D eigenvalue weighted by Crippen LogP contribution is -2.19. The summed E-state index contributed by atoms with van der Waals surface area (Å²) in [5, 5.41) is 11.5. The first-order chi connectivity index (χ1) is 12.6. The average Bonchev–Trinajstić information content (AvgIpc) is 2.96. The normalized spacial score (nSPS) is 10.4. The van der Waals surface area contributed by atoms with Gasteiger partial charge in [0.05, 0.1) is 13.2 Å². The van der Waals surface area contributed by atoms with E-state index in [0.717, 1.165) is 17.0 Å². The highest BCUT2D eigenvalue weighted by Crippen LogP contribution is 2.21. The average molecular weight is 387 g/mol. The number of nitrogens with zero attached hydrogens (tertiary/aromatic N) is 2. The summed E-state index contributed by atoms with van der Waals surface area (Å²) in [5.41, 5.74) is 2.00. The molecule has 0 aliphatic rings. The van der Waals surface area contributed by atoms with Crippen molar-refractivity contribution in [2.45, 2.75) is 13.5 Å². The Morgan fingerprint density at radius 3 is 2.54 bits per heavy atom. The molecular weight excluding hydrogens is 368 g/mol. The van der Waals surface area contributed by atoms with Gasteiger partial charge in [-0.1, -0.05) is 41.9 Å². The quantitative estimate of drug-likeness (QED) is 0.596. The topological polar surface area (TPSA) is 51.1 Å². The van der Waals surface area contributed by atoms with Gasteiger partial charge in [0.1, 0.15) is 10.8 Å². The molecule has 0 fully saturated rings. The number of hydrogen-bond donors (Lipinski definition) is 2. The fraction of sp³-hybridized carbons (Fsp3) is 0.158. The molecule has 0 saturated carbocycles. The molecule has 3 aromatic rings. The van der Waals surface area contributed by atoms with Crippen molar-refractivity contribution in [2.75, 3.05) is 17.2 Å². The van der Waals surface area contributed by atoms with E-state index in [-0.39, 0.29) is 0 Å². The maximum absolute atomic E-state index is 6.26. The zero-order valence-corrected chi connectivity index (χ0v) is 15.8. The molecule has 2 N–H and O–H groups in total. The van der Waals surface area contributed by atoms with Crippen molar-refractivity contribution in [1.29, 1.82) is 0 Å². The van der Waals surface area contributed by atoms with E-state index in [4.69, 9.17) is 28.6 Å². The molecule has 1 aromatic heterocycles. The molecular formula is C19H19ClN4OS. The molecule has 0 atom stereocenters. The molecule has 0 unspecified atom stereocenters. The SMILES string of the molecule is CCOc1ccc(NC(=S)Nc2nn(Cc3ccccc3)cc2Cl)cc1. The van der Waals surface area contributed by atoms with E-state index in [1.54, 1.807) is 10.9 Å². The van der Waals surface area contributed by atoms with Crippen LogP contribution in [0.1, 0.15) is 12.5 Å². The van der Waals surface area contributed by atoms with Crippen molar-refractivity contribution in [1.82, 2.24) is 9.78 Å². The van der Waals surface area contributed by atoms with Gasteiger partial charge in [0.25, 0.3) is 0 Å². The van der Waals surface area contributed by atoms with E-state index in [1.807, 2.05) is 61.5 Å². The van der Waals surface area contributed by atoms with Gasteiger partial charge in [-0.15, -0.1) is 0 Å². The standard InChI is InChI=1S/C19H19ClN4OS/c1-2-25-16-10-8-15(9-11-16)21-19(26)22-18-17(20)13-24(23-18)12-14-6-4-3-5-7-14/h3-11,13H,2,12H2,1H3,(H2,21,22,23,26). The maximum Gasteiger partial charge on any atom is 0.176 e. The summed E-state index contributed by atoms with van der Waals surface area (Å²) < 4.78 is 7.20. The number of thiocarbonyl (C=S) groups is 1. The minimum absolute atomic E-state index is 0.418. The van der Waals surface area contributed by atoms with Crippen LogP contribution in [0.2, 0.25) is 5.02 Å². The molecule has 0 aliphatic heterocycles. The summed E-state index contributed by atoms with van der Waals surface area (Å²) in [7, 11) is 0. The van der Waals surface area contributed by atoms with E-state index in [1.165, 1.54) is 0 Å². The second kappa shape index (κ2) is 8.69. The first kappa shape index (κ1) is 18.2. The Bertz CT molecular complexity index is 865. The number of aromatic nitrogens is 2. The molecule has 26 heavy (non-hydrogen) atoms. The van der Waals surface area contributed by atoms with Crippen molar-refractivity contribution in [3.63, 3.8) is 0 Å². The van der Waals surface area contributed by atoms with Crippen molar-refractivity contribution in [2.24, 2.45) is 0 Å². The van der Waals surface area contributed by atoms with Crippen molar-refractivity contribution >= 4 is 40.4 Å². The molecule has 134 valence electrons. The Kier molecular flexibility index (Phi) is 6.09. The van der Waals surface area contributed by atoms with Crippen LogP contribution in [-0.4, -0.2) is 21.5 Å². The maximum atomic E-state index is 6.26. The summed E-state index contributed by atoms with van der Waals surface area (Å²) in [6.07, 6.45) is 1.77. The zero-order chi connectivity index (χ0) is 18.4. The van der Waals surface area contributed by atoms with Crippen LogP contribution in [0.3, 0.4) is 0 Å². The third-order valence-electron chi connectivity index (χ3n) is 3.56. The highest BCUT2D eigenvalue weighted by Gasteiger charge is 2.09. The highest BCUT2D eigenvalue weighted by atomic mass is 35.5. The lowest BCUT2D eigenvalue weighted by Gasteiger charge is -2.10. The minimum Gasteiger partial charge on any atom is -0.494 e. The van der Waals surface area contributed by atoms with Crippen LogP contribution in [0.4, 0.5) is 11.5 Å². The van der Waals surface area contributed by atoms with Gasteiger partial charge in [-0.05, 0) is 49.0 Å². The minimum atomic E-state index is 0.418. The highest BCUT2D eigenvalue weighted by molar-refractivity contribution is 7.80. The van der Waals surface area contributed by atoms with Crippen LogP contribution in [0.15, 0.2) is 60.8 Å². The monoisotopic (exact) mass is 386 g/mol. The van der Waals surface area contributed by atoms with Crippen LogP contribution in [0.5, 0.6) is 5.75 Å². The van der Waals surface area contributed by atoms with E-state index in [9.17, 15) is 0 Å². The van der Waals surface area contributed by atoms with E-state index < -0.39 is 0 Å². The molecule has 0 amide bonds. The van der Waals surface area contributed by atoms with Gasteiger partial charge in [0.2, 0.25) is 0 Å². The number of rotatable bonds is 6. The van der Waals surface area contributed by atoms with Crippen molar-refractivity contribution in [3.8, 4) is 5.75 Å². The van der Waals surface area contributed by atoms with Gasteiger partial charge in [0, 0.05) is 11.9 Å². The Labute approximate surface area is 162 Å². The fourth-order valence-corrected chi connectivity index (χ4v) is 2.82. The van der Waals surface area contributed by atoms with Crippen LogP contribution in [0, 0.1) is 0 Å². The Balaban J connectivity index is 1.60. The molecule has 7 heteroatoms. The van der Waals surface area contributed by atoms with Gasteiger partial charge in [-0.2, -0.15) is 5.10 Å². The predicted octanol–water partition coefficient (Wildman–Crippen LogP) is 4.79. The van der Waals surface area contributed by atoms with Crippen molar-refractivity contribution in [3.05, 3.63) is 71.4 Å². The molecule has 2 aromatic carbocycles. The number of hydrogen-bond acceptors (Lipinski definition) is 3. The van der Waals surface area contributed by atoms with Gasteiger partial charge in [-0.25, -0.2) is 0 Å². The third-order valence-corrected chi connectivity index (χ3v) is 4.04. The second-order valence-electron chi connectivity index (χ2n) is 5.55. The van der Waals surface area contributed by atoms with Gasteiger partial charge in [-0.3, -0.25) is 4.68 Å². The first-order valence-corrected chi connectivity index (χ1v) is 9.00. The third kappa shape index (κ3) is 4.97. The molecule has 0 saturated heterocycles. The summed E-state index contributed by atoms with van der Waals surface area (Å²) in [4.78, 5) is 0. The number of ether oxygens (including phenoxy) is 1. The number of anilines is 2. The van der Waals surface area contributed by atoms with Crippen LogP contribution < -0.4 is 15.4 Å². The molecule has 0 bridgehead atoms. The van der Waals surface area contributed by atoms with Gasteiger partial charge in [0.15, 0.2) is 10.9 Å². The van der Waals surface area contributed by atoms with E-state index in [0.29, 0.717) is 29.1 Å². The first-order valence-electron chi connectivity index (χ1n) is 8.22. The van der Waals surface area contributed by atoms with Gasteiger partial charge < -0.3 is 15.4 Å². The van der Waals surface area contributed by atoms with E-state index in [2.05, 4.69) is 15.7 Å². The Morgan fingerprint density at radius 2 is 1.85 bits per heavy atom. The second-order valence-corrected chi connectivity index (χ2v) is 6.36. The molecule has 3 rings (SSSR count). The Hall–Kier alpha value is -2.57. The lowest BCUT2D eigenvalue weighted by atomic mass is 10.2. The molecule has 0 aliphatic carbocycles. The summed E-state index contributed by atoms with van der Waals surface area (Å²) in [6, 6.07) is 17.6. The molecule has 1 heterocycles. The number of nitrogens with one attached hydrogen (secondary N) is 2. The van der Waals surface area contributed by atoms with Crippen LogP contribution in [0.25, 0.3) is 0 Å². The number of halogens is 1. The van der Waals surface area contributed by atoms with Crippen LogP contribution >= 0.6 is 23.8 Å². The van der Waals surface area contributed by atoms with Gasteiger partial charge >= 0.3 is 0 Å². The largest absolute Gasteiger partial charge is 0.494 e. The molecule has 0 spiro atoms. The van der Waals surface area contributed by atoms with E-state index >= 15 is 0 Å². The fourth-order valence-electron chi connectivity index (χ4n) is 2.40. The summed E-state index contributed by atoms with van der Waals surface area (Å²) >= 11 is 11.6. The lowest BCUT2D eigenvalue weighted by molar-refractivity contribution is 0.340. The zero-order valence-electron chi connectivity index (χ0n) is 14.3. The summed E-state index contributed by atoms with van der Waals surface area (Å²) in [5.74, 6) is 1.34.